The van der Waals surface area contributed by atoms with E-state index in [2.05, 4.69) is 10.6 Å². The van der Waals surface area contributed by atoms with E-state index in [0.29, 0.717) is 23.7 Å². The summed E-state index contributed by atoms with van der Waals surface area (Å²) in [6.45, 7) is 7.63. The van der Waals surface area contributed by atoms with E-state index in [1.807, 2.05) is 45.9 Å². The van der Waals surface area contributed by atoms with Gasteiger partial charge >= 0.3 is 0 Å². The van der Waals surface area contributed by atoms with Crippen LogP contribution in [0.3, 0.4) is 0 Å². The highest BCUT2D eigenvalue weighted by molar-refractivity contribution is 7.99. The Hall–Kier alpha value is -2.06. The molecule has 4 atom stereocenters. The summed E-state index contributed by atoms with van der Waals surface area (Å²) in [6.07, 6.45) is 0.655. The monoisotopic (exact) mass is 433 g/mol. The molecule has 0 aliphatic carbocycles. The van der Waals surface area contributed by atoms with Crippen LogP contribution in [0.5, 0.6) is 0 Å². The molecule has 1 aromatic rings. The van der Waals surface area contributed by atoms with Crippen molar-refractivity contribution in [2.24, 2.45) is 11.8 Å². The number of carbonyl (C=O) groups excluding carboxylic acids is 3. The van der Waals surface area contributed by atoms with E-state index in [0.717, 1.165) is 5.56 Å². The van der Waals surface area contributed by atoms with Crippen molar-refractivity contribution in [3.63, 3.8) is 0 Å². The number of rotatable bonds is 8. The Morgan fingerprint density at radius 1 is 1.20 bits per heavy atom. The average Bonchev–Trinajstić information content (AvgIpc) is 3.25. The Kier molecular flexibility index (Phi) is 7.08. The lowest BCUT2D eigenvalue weighted by atomic mass is 10.0. The second-order valence-corrected chi connectivity index (χ2v) is 9.86. The zero-order valence-electron chi connectivity index (χ0n) is 17.9. The minimum Gasteiger partial charge on any atom is -0.394 e. The van der Waals surface area contributed by atoms with E-state index in [1.165, 1.54) is 0 Å². The molecule has 3 rings (SSSR count). The number of benzene rings is 1. The molecule has 8 heteroatoms. The molecule has 0 aromatic heterocycles. The molecule has 3 N–H and O–H groups in total. The summed E-state index contributed by atoms with van der Waals surface area (Å²) in [5, 5.41) is 15.1. The van der Waals surface area contributed by atoms with Crippen molar-refractivity contribution in [1.29, 1.82) is 0 Å². The Balaban J connectivity index is 1.69. The van der Waals surface area contributed by atoms with Gasteiger partial charge in [0.05, 0.1) is 12.6 Å². The molecule has 1 aromatic carbocycles. The van der Waals surface area contributed by atoms with Gasteiger partial charge in [0, 0.05) is 11.3 Å². The van der Waals surface area contributed by atoms with Crippen LogP contribution in [0.25, 0.3) is 0 Å². The summed E-state index contributed by atoms with van der Waals surface area (Å²) in [4.78, 5) is 40.4. The van der Waals surface area contributed by atoms with Crippen LogP contribution < -0.4 is 10.6 Å². The highest BCUT2D eigenvalue weighted by Crippen LogP contribution is 2.48. The predicted octanol–water partition coefficient (Wildman–Crippen LogP) is 1.92. The van der Waals surface area contributed by atoms with Crippen molar-refractivity contribution in [2.45, 2.75) is 57.6 Å². The van der Waals surface area contributed by atoms with Gasteiger partial charge in [-0.15, -0.1) is 11.8 Å². The molecular formula is C22H31N3O4S. The van der Waals surface area contributed by atoms with E-state index in [4.69, 9.17) is 0 Å². The molecule has 0 radical (unpaired) electrons. The first-order valence-electron chi connectivity index (χ1n) is 10.5. The maximum atomic E-state index is 13.1. The molecule has 0 spiro atoms. The van der Waals surface area contributed by atoms with Crippen molar-refractivity contribution < 1.29 is 19.5 Å². The van der Waals surface area contributed by atoms with Gasteiger partial charge in [0.1, 0.15) is 17.5 Å². The average molecular weight is 434 g/mol. The number of amides is 3. The minimum atomic E-state index is -0.733. The van der Waals surface area contributed by atoms with Crippen molar-refractivity contribution in [1.82, 2.24) is 15.5 Å². The Labute approximate surface area is 182 Å². The Morgan fingerprint density at radius 3 is 2.53 bits per heavy atom. The zero-order chi connectivity index (χ0) is 22.0. The second kappa shape index (κ2) is 9.39. The van der Waals surface area contributed by atoms with Gasteiger partial charge in [-0.05, 0) is 29.9 Å². The number of nitrogens with one attached hydrogen (secondary N) is 2. The van der Waals surface area contributed by atoms with Crippen LogP contribution in [-0.4, -0.2) is 58.2 Å². The Morgan fingerprint density at radius 2 is 1.90 bits per heavy atom. The number of aliphatic hydroxyl groups excluding tert-OH is 1. The largest absolute Gasteiger partial charge is 0.394 e. The third kappa shape index (κ3) is 4.49. The summed E-state index contributed by atoms with van der Waals surface area (Å²) in [5.41, 5.74) is 1.59. The number of fused-ring (bicyclic) bond motifs is 3. The number of thioether (sulfide) groups is 1. The van der Waals surface area contributed by atoms with E-state index in [9.17, 15) is 19.5 Å². The SMILES string of the molecule is CC(C)C[C@@H](CO)NC(=O)[C@@H](NC(=O)[C@H]1CS[C@H]2c3ccccc3C(=O)N12)C(C)C. The van der Waals surface area contributed by atoms with Gasteiger partial charge in [0.2, 0.25) is 11.8 Å². The smallest absolute Gasteiger partial charge is 0.256 e. The van der Waals surface area contributed by atoms with Crippen LogP contribution in [0.1, 0.15) is 55.4 Å². The maximum Gasteiger partial charge on any atom is 0.256 e. The predicted molar refractivity (Wildman–Crippen MR) is 117 cm³/mol. The minimum absolute atomic E-state index is 0.135. The first-order chi connectivity index (χ1) is 14.2. The van der Waals surface area contributed by atoms with Crippen LogP contribution in [0.2, 0.25) is 0 Å². The Bertz CT molecular complexity index is 813. The van der Waals surface area contributed by atoms with Crippen molar-refractivity contribution in [3.8, 4) is 0 Å². The second-order valence-electron chi connectivity index (χ2n) is 8.75. The zero-order valence-corrected chi connectivity index (χ0v) is 18.7. The summed E-state index contributed by atoms with van der Waals surface area (Å²) >= 11 is 1.57. The quantitative estimate of drug-likeness (QED) is 0.582. The number of aliphatic hydroxyl groups is 1. The lowest BCUT2D eigenvalue weighted by Crippen LogP contribution is -2.56. The van der Waals surface area contributed by atoms with E-state index in [-0.39, 0.29) is 41.7 Å². The topological polar surface area (TPSA) is 98.7 Å². The van der Waals surface area contributed by atoms with Crippen LogP contribution in [0.15, 0.2) is 24.3 Å². The molecule has 0 unspecified atom stereocenters. The van der Waals surface area contributed by atoms with Gasteiger partial charge in [0.25, 0.3) is 5.91 Å². The number of hydrogen-bond acceptors (Lipinski definition) is 5. The summed E-state index contributed by atoms with van der Waals surface area (Å²) < 4.78 is 0. The standard InChI is InChI=1S/C22H31N3O4S/c1-12(2)9-14(10-26)23-20(28)18(13(3)4)24-19(27)17-11-30-22-16-8-6-5-7-15(16)21(29)25(17)22/h5-8,12-14,17-18,22,26H,9-11H2,1-4H3,(H,23,28)(H,24,27)/t14-,17+,18-,22-/m0/s1. The molecular weight excluding hydrogens is 402 g/mol. The molecule has 2 aliphatic rings. The lowest BCUT2D eigenvalue weighted by molar-refractivity contribution is -0.132. The third-order valence-electron chi connectivity index (χ3n) is 5.56. The van der Waals surface area contributed by atoms with Gasteiger partial charge < -0.3 is 20.6 Å². The highest BCUT2D eigenvalue weighted by atomic mass is 32.2. The molecule has 0 saturated carbocycles. The van der Waals surface area contributed by atoms with E-state index in [1.54, 1.807) is 22.7 Å². The highest BCUT2D eigenvalue weighted by Gasteiger charge is 2.48. The molecule has 164 valence electrons. The van der Waals surface area contributed by atoms with E-state index < -0.39 is 12.1 Å². The van der Waals surface area contributed by atoms with Gasteiger partial charge in [-0.1, -0.05) is 45.9 Å². The van der Waals surface area contributed by atoms with Gasteiger partial charge in [0.15, 0.2) is 0 Å². The summed E-state index contributed by atoms with van der Waals surface area (Å²) in [5.74, 6) is -0.0759. The van der Waals surface area contributed by atoms with Gasteiger partial charge in [-0.2, -0.15) is 0 Å². The van der Waals surface area contributed by atoms with Crippen molar-refractivity contribution >= 4 is 29.5 Å². The van der Waals surface area contributed by atoms with Crippen molar-refractivity contribution in [3.05, 3.63) is 35.4 Å². The van der Waals surface area contributed by atoms with Gasteiger partial charge in [-0.25, -0.2) is 0 Å². The number of hydrogen-bond donors (Lipinski definition) is 3. The number of nitrogens with zero attached hydrogens (tertiary/aromatic N) is 1. The normalized spacial score (nSPS) is 22.1. The fourth-order valence-electron chi connectivity index (χ4n) is 4.07. The third-order valence-corrected chi connectivity index (χ3v) is 6.87. The molecule has 1 saturated heterocycles. The molecule has 0 bridgehead atoms. The van der Waals surface area contributed by atoms with Crippen LogP contribution in [0.4, 0.5) is 0 Å². The molecule has 7 nitrogen and oxygen atoms in total. The lowest BCUT2D eigenvalue weighted by Gasteiger charge is -2.28. The molecule has 2 heterocycles. The fourth-order valence-corrected chi connectivity index (χ4v) is 5.53. The van der Waals surface area contributed by atoms with Crippen molar-refractivity contribution in [2.75, 3.05) is 12.4 Å². The van der Waals surface area contributed by atoms with Crippen LogP contribution in [-0.2, 0) is 9.59 Å². The molecule has 2 aliphatic heterocycles. The molecule has 1 fully saturated rings. The molecule has 3 amide bonds. The first kappa shape index (κ1) is 22.6. The molecule has 30 heavy (non-hydrogen) atoms. The summed E-state index contributed by atoms with van der Waals surface area (Å²) in [7, 11) is 0. The van der Waals surface area contributed by atoms with Crippen LogP contribution in [0, 0.1) is 11.8 Å². The fraction of sp³-hybridized carbons (Fsp3) is 0.591. The van der Waals surface area contributed by atoms with Gasteiger partial charge in [-0.3, -0.25) is 14.4 Å². The van der Waals surface area contributed by atoms with E-state index >= 15 is 0 Å². The number of carbonyl (C=O) groups is 3. The first-order valence-corrected chi connectivity index (χ1v) is 11.5. The van der Waals surface area contributed by atoms with Crippen LogP contribution >= 0.6 is 11.8 Å². The summed E-state index contributed by atoms with van der Waals surface area (Å²) in [6, 6.07) is 5.75. The maximum absolute atomic E-state index is 13.1.